The molecule has 0 bridgehead atoms. The molecule has 0 saturated carbocycles. The molecule has 2 aromatic heterocycles. The van der Waals surface area contributed by atoms with Gasteiger partial charge in [-0.3, -0.25) is 4.79 Å². The van der Waals surface area contributed by atoms with E-state index in [4.69, 9.17) is 5.73 Å². The van der Waals surface area contributed by atoms with E-state index in [-0.39, 0.29) is 11.9 Å². The Balaban J connectivity index is 1.33. The summed E-state index contributed by atoms with van der Waals surface area (Å²) >= 11 is 1.44. The van der Waals surface area contributed by atoms with E-state index >= 15 is 0 Å². The van der Waals surface area contributed by atoms with Crippen molar-refractivity contribution in [1.82, 2.24) is 9.97 Å². The molecule has 0 fully saturated rings. The molecule has 3 aromatic rings. The molecule has 0 saturated heterocycles. The van der Waals surface area contributed by atoms with Gasteiger partial charge in [0.15, 0.2) is 5.13 Å². The smallest absolute Gasteiger partial charge is 0.360 e. The number of benzene rings is 1. The number of pyridine rings is 1. The van der Waals surface area contributed by atoms with Crippen LogP contribution in [0, 0.1) is 0 Å². The van der Waals surface area contributed by atoms with Crippen LogP contribution in [0.4, 0.5) is 24.1 Å². The molecule has 4 rings (SSSR count). The van der Waals surface area contributed by atoms with Crippen LogP contribution in [-0.2, 0) is 23.8 Å². The highest BCUT2D eigenvalue weighted by molar-refractivity contribution is 7.18. The van der Waals surface area contributed by atoms with Crippen LogP contribution in [0.2, 0.25) is 0 Å². The maximum atomic E-state index is 12.6. The lowest BCUT2D eigenvalue weighted by Gasteiger charge is -2.13. The molecule has 1 aliphatic heterocycles. The molecule has 3 heterocycles. The van der Waals surface area contributed by atoms with Crippen molar-refractivity contribution in [1.29, 1.82) is 0 Å². The number of aromatic nitrogens is 2. The number of hydrogen-bond donors (Lipinski definition) is 3. The number of hydrogen-bond acceptors (Lipinski definition) is 6. The van der Waals surface area contributed by atoms with Crippen LogP contribution in [0.5, 0.6) is 0 Å². The van der Waals surface area contributed by atoms with Gasteiger partial charge < -0.3 is 16.4 Å². The first-order valence-electron chi connectivity index (χ1n) is 9.18. The first-order chi connectivity index (χ1) is 14.3. The quantitative estimate of drug-likeness (QED) is 0.551. The number of nitrogens with one attached hydrogen (secondary N) is 2. The molecule has 1 aliphatic rings. The van der Waals surface area contributed by atoms with Gasteiger partial charge in [0.2, 0.25) is 5.91 Å². The number of carbonyl (C=O) groups is 1. The number of halogens is 3. The van der Waals surface area contributed by atoms with Gasteiger partial charge in [0.25, 0.3) is 0 Å². The predicted octanol–water partition coefficient (Wildman–Crippen LogP) is 3.70. The number of anilines is 2. The van der Waals surface area contributed by atoms with Gasteiger partial charge in [-0.2, -0.15) is 13.2 Å². The summed E-state index contributed by atoms with van der Waals surface area (Å²) in [7, 11) is 0. The number of carbonyl (C=O) groups excluding carboxylic acids is 1. The van der Waals surface area contributed by atoms with Gasteiger partial charge in [-0.1, -0.05) is 23.5 Å². The van der Waals surface area contributed by atoms with Crippen molar-refractivity contribution in [2.45, 2.75) is 25.1 Å². The minimum Gasteiger partial charge on any atom is -0.360 e. The third-order valence-corrected chi connectivity index (χ3v) is 5.66. The second-order valence-corrected chi connectivity index (χ2v) is 8.06. The van der Waals surface area contributed by atoms with Gasteiger partial charge in [-0.25, -0.2) is 9.97 Å². The minimum atomic E-state index is -4.34. The number of fused-ring (bicyclic) bond motifs is 1. The molecule has 1 aromatic carbocycles. The standard InChI is InChI=1S/C20H18F3N5OS/c21-20(22,23)14-3-1-11(2-4-14)5-15(24)9-26-19-27-10-16(30-19)13-6-12-7-17(29)28-18(12)25-8-13/h1-4,6,8,10,15H,5,7,9,24H2,(H,26,27)(H,25,28,29)/t15-/m0/s1. The summed E-state index contributed by atoms with van der Waals surface area (Å²) in [5, 5.41) is 6.55. The summed E-state index contributed by atoms with van der Waals surface area (Å²) in [6.45, 7) is 0.425. The SMILES string of the molecule is N[C@H](CNc1ncc(-c2cnc3c(c2)CC(=O)N3)s1)Cc1ccc(C(F)(F)F)cc1. The van der Waals surface area contributed by atoms with Gasteiger partial charge in [0.05, 0.1) is 16.9 Å². The molecular weight excluding hydrogens is 415 g/mol. The molecule has 156 valence electrons. The number of thiazole rings is 1. The van der Waals surface area contributed by atoms with Gasteiger partial charge in [0, 0.05) is 36.1 Å². The molecule has 0 unspecified atom stereocenters. The van der Waals surface area contributed by atoms with Crippen molar-refractivity contribution in [3.8, 4) is 10.4 Å². The monoisotopic (exact) mass is 433 g/mol. The highest BCUT2D eigenvalue weighted by Gasteiger charge is 2.30. The van der Waals surface area contributed by atoms with E-state index in [0.717, 1.165) is 33.7 Å². The molecule has 0 aliphatic carbocycles. The summed E-state index contributed by atoms with van der Waals surface area (Å²) in [5.41, 5.74) is 7.92. The van der Waals surface area contributed by atoms with Crippen LogP contribution >= 0.6 is 11.3 Å². The highest BCUT2D eigenvalue weighted by atomic mass is 32.1. The van der Waals surface area contributed by atoms with Crippen molar-refractivity contribution in [2.75, 3.05) is 17.2 Å². The predicted molar refractivity (Wildman–Crippen MR) is 109 cm³/mol. The van der Waals surface area contributed by atoms with Crippen LogP contribution in [0.15, 0.2) is 42.7 Å². The first-order valence-corrected chi connectivity index (χ1v) is 10.00. The number of rotatable bonds is 6. The molecule has 10 heteroatoms. The Morgan fingerprint density at radius 3 is 2.70 bits per heavy atom. The zero-order valence-electron chi connectivity index (χ0n) is 15.7. The highest BCUT2D eigenvalue weighted by Crippen LogP contribution is 2.32. The Labute approximate surface area is 174 Å². The summed E-state index contributed by atoms with van der Waals surface area (Å²) in [6.07, 6.45) is -0.163. The average molecular weight is 433 g/mol. The number of nitrogens with zero attached hydrogens (tertiary/aromatic N) is 2. The van der Waals surface area contributed by atoms with Gasteiger partial charge >= 0.3 is 6.18 Å². The van der Waals surface area contributed by atoms with Gasteiger partial charge in [-0.05, 0) is 30.2 Å². The second kappa shape index (κ2) is 8.04. The maximum absolute atomic E-state index is 12.6. The average Bonchev–Trinajstić information content (AvgIpc) is 3.31. The van der Waals surface area contributed by atoms with E-state index in [1.807, 2.05) is 6.07 Å². The summed E-state index contributed by atoms with van der Waals surface area (Å²) in [5.74, 6) is 0.532. The second-order valence-electron chi connectivity index (χ2n) is 7.03. The number of amides is 1. The van der Waals surface area contributed by atoms with Crippen molar-refractivity contribution < 1.29 is 18.0 Å². The third-order valence-electron chi connectivity index (χ3n) is 4.66. The van der Waals surface area contributed by atoms with Gasteiger partial charge in [-0.15, -0.1) is 0 Å². The van der Waals surface area contributed by atoms with Crippen LogP contribution in [0.25, 0.3) is 10.4 Å². The van der Waals surface area contributed by atoms with Crippen molar-refractivity contribution >= 4 is 28.2 Å². The minimum absolute atomic E-state index is 0.0663. The third kappa shape index (κ3) is 4.60. The van der Waals surface area contributed by atoms with Crippen LogP contribution in [0.3, 0.4) is 0 Å². The van der Waals surface area contributed by atoms with Crippen LogP contribution in [0.1, 0.15) is 16.7 Å². The maximum Gasteiger partial charge on any atom is 0.416 e. The topological polar surface area (TPSA) is 92.9 Å². The fourth-order valence-corrected chi connectivity index (χ4v) is 3.96. The van der Waals surface area contributed by atoms with E-state index < -0.39 is 11.7 Å². The Kier molecular flexibility index (Phi) is 5.44. The van der Waals surface area contributed by atoms with Crippen LogP contribution < -0.4 is 16.4 Å². The molecule has 30 heavy (non-hydrogen) atoms. The fourth-order valence-electron chi connectivity index (χ4n) is 3.15. The molecule has 1 atom stereocenters. The molecule has 0 radical (unpaired) electrons. The Hall–Kier alpha value is -2.98. The summed E-state index contributed by atoms with van der Waals surface area (Å²) in [6, 6.07) is 6.67. The molecule has 6 nitrogen and oxygen atoms in total. The van der Waals surface area contributed by atoms with E-state index in [9.17, 15) is 18.0 Å². The lowest BCUT2D eigenvalue weighted by Crippen LogP contribution is -2.31. The molecule has 4 N–H and O–H groups in total. The van der Waals surface area contributed by atoms with Crippen LogP contribution in [-0.4, -0.2) is 28.5 Å². The Morgan fingerprint density at radius 2 is 1.97 bits per heavy atom. The van der Waals surface area contributed by atoms with Gasteiger partial charge in [0.1, 0.15) is 5.82 Å². The molecule has 0 spiro atoms. The summed E-state index contributed by atoms with van der Waals surface area (Å²) < 4.78 is 37.9. The summed E-state index contributed by atoms with van der Waals surface area (Å²) in [4.78, 5) is 21.0. The molecular formula is C20H18F3N5OS. The van der Waals surface area contributed by atoms with Crippen molar-refractivity contribution in [3.63, 3.8) is 0 Å². The zero-order chi connectivity index (χ0) is 21.3. The number of alkyl halides is 3. The van der Waals surface area contributed by atoms with E-state index in [0.29, 0.717) is 30.3 Å². The Bertz CT molecular complexity index is 1070. The normalized spacial score (nSPS) is 14.3. The van der Waals surface area contributed by atoms with Crippen molar-refractivity contribution in [3.05, 3.63) is 59.4 Å². The van der Waals surface area contributed by atoms with E-state index in [1.54, 1.807) is 12.4 Å². The lowest BCUT2D eigenvalue weighted by molar-refractivity contribution is -0.137. The van der Waals surface area contributed by atoms with Crippen molar-refractivity contribution in [2.24, 2.45) is 5.73 Å². The van der Waals surface area contributed by atoms with E-state index in [1.165, 1.54) is 23.5 Å². The van der Waals surface area contributed by atoms with E-state index in [2.05, 4.69) is 20.6 Å². The zero-order valence-corrected chi connectivity index (χ0v) is 16.5. The Morgan fingerprint density at radius 1 is 1.20 bits per heavy atom. The molecule has 1 amide bonds. The largest absolute Gasteiger partial charge is 0.416 e. The lowest BCUT2D eigenvalue weighted by atomic mass is 10.0. The first kappa shape index (κ1) is 20.3. The number of nitrogens with two attached hydrogens (primary N) is 1. The fraction of sp³-hybridized carbons (Fsp3) is 0.250.